The standard InChI is InChI=1S/C10H9BrClNO3/c1-5(14)13-9(10(15)16)6-2-3-7(11)8(12)4-6/h2-4,9H,1H3,(H,13,14)(H,15,16). The second kappa shape index (κ2) is 5.32. The maximum Gasteiger partial charge on any atom is 0.330 e. The second-order valence-corrected chi connectivity index (χ2v) is 4.41. The quantitative estimate of drug-likeness (QED) is 0.901. The van der Waals surface area contributed by atoms with Crippen molar-refractivity contribution >= 4 is 39.4 Å². The van der Waals surface area contributed by atoms with E-state index in [0.717, 1.165) is 0 Å². The maximum absolute atomic E-state index is 11.0. The van der Waals surface area contributed by atoms with Gasteiger partial charge in [-0.15, -0.1) is 0 Å². The lowest BCUT2D eigenvalue weighted by atomic mass is 10.1. The summed E-state index contributed by atoms with van der Waals surface area (Å²) < 4.78 is 0.671. The van der Waals surface area contributed by atoms with Crippen LogP contribution in [0.25, 0.3) is 0 Å². The highest BCUT2D eigenvalue weighted by Gasteiger charge is 2.21. The smallest absolute Gasteiger partial charge is 0.330 e. The summed E-state index contributed by atoms with van der Waals surface area (Å²) in [4.78, 5) is 21.8. The number of nitrogens with one attached hydrogen (secondary N) is 1. The first-order chi connectivity index (χ1) is 7.41. The number of halogens is 2. The largest absolute Gasteiger partial charge is 0.479 e. The van der Waals surface area contributed by atoms with E-state index in [1.165, 1.54) is 13.0 Å². The lowest BCUT2D eigenvalue weighted by molar-refractivity contribution is -0.141. The molecule has 0 aliphatic carbocycles. The molecule has 0 spiro atoms. The summed E-state index contributed by atoms with van der Waals surface area (Å²) in [6.07, 6.45) is 0. The van der Waals surface area contributed by atoms with Crippen LogP contribution in [0.4, 0.5) is 0 Å². The summed E-state index contributed by atoms with van der Waals surface area (Å²) in [6, 6.07) is 3.64. The molecule has 1 unspecified atom stereocenters. The molecular weight excluding hydrogens is 297 g/mol. The molecular formula is C10H9BrClNO3. The molecule has 6 heteroatoms. The van der Waals surface area contributed by atoms with E-state index in [9.17, 15) is 9.59 Å². The minimum atomic E-state index is -1.13. The molecule has 0 fully saturated rings. The fraction of sp³-hybridized carbons (Fsp3) is 0.200. The van der Waals surface area contributed by atoms with Crippen LogP contribution in [-0.2, 0) is 9.59 Å². The zero-order valence-corrected chi connectivity index (χ0v) is 10.7. The number of carboxylic acids is 1. The summed E-state index contributed by atoms with van der Waals surface area (Å²) in [6.45, 7) is 1.26. The molecule has 0 aromatic heterocycles. The second-order valence-electron chi connectivity index (χ2n) is 3.15. The van der Waals surface area contributed by atoms with Gasteiger partial charge < -0.3 is 10.4 Å². The molecule has 0 radical (unpaired) electrons. The first-order valence-electron chi connectivity index (χ1n) is 4.36. The van der Waals surface area contributed by atoms with Gasteiger partial charge in [0.05, 0.1) is 5.02 Å². The Morgan fingerprint density at radius 3 is 2.56 bits per heavy atom. The first-order valence-corrected chi connectivity index (χ1v) is 5.53. The van der Waals surface area contributed by atoms with Gasteiger partial charge in [0.1, 0.15) is 0 Å². The van der Waals surface area contributed by atoms with Crippen LogP contribution in [0.3, 0.4) is 0 Å². The van der Waals surface area contributed by atoms with Crippen LogP contribution in [0.15, 0.2) is 22.7 Å². The lowest BCUT2D eigenvalue weighted by Crippen LogP contribution is -2.31. The van der Waals surface area contributed by atoms with Crippen LogP contribution in [0, 0.1) is 0 Å². The highest BCUT2D eigenvalue weighted by atomic mass is 79.9. The number of rotatable bonds is 3. The summed E-state index contributed by atoms with van der Waals surface area (Å²) in [5, 5.41) is 11.7. The van der Waals surface area contributed by atoms with Crippen molar-refractivity contribution in [2.45, 2.75) is 13.0 Å². The fourth-order valence-corrected chi connectivity index (χ4v) is 1.62. The minimum Gasteiger partial charge on any atom is -0.479 e. The van der Waals surface area contributed by atoms with Crippen LogP contribution in [0.5, 0.6) is 0 Å². The third-order valence-corrected chi connectivity index (χ3v) is 3.10. The van der Waals surface area contributed by atoms with Gasteiger partial charge in [-0.05, 0) is 33.6 Å². The van der Waals surface area contributed by atoms with Crippen molar-refractivity contribution < 1.29 is 14.7 Å². The molecule has 1 aromatic rings. The fourth-order valence-electron chi connectivity index (χ4n) is 1.18. The summed E-state index contributed by atoms with van der Waals surface area (Å²) >= 11 is 9.05. The van der Waals surface area contributed by atoms with E-state index >= 15 is 0 Å². The predicted molar refractivity (Wildman–Crippen MR) is 63.3 cm³/mol. The third kappa shape index (κ3) is 3.21. The number of hydrogen-bond acceptors (Lipinski definition) is 2. The Hall–Kier alpha value is -1.07. The molecule has 0 saturated carbocycles. The summed E-state index contributed by atoms with van der Waals surface area (Å²) in [5.74, 6) is -1.54. The van der Waals surface area contributed by atoms with Gasteiger partial charge in [0.15, 0.2) is 6.04 Å². The highest BCUT2D eigenvalue weighted by molar-refractivity contribution is 9.10. The molecule has 86 valence electrons. The predicted octanol–water partition coefficient (Wildman–Crippen LogP) is 2.36. The van der Waals surface area contributed by atoms with Gasteiger partial charge in [0.25, 0.3) is 0 Å². The number of carbonyl (C=O) groups excluding carboxylic acids is 1. The Labute approximate surface area is 106 Å². The molecule has 0 aliphatic rings. The molecule has 1 atom stereocenters. The van der Waals surface area contributed by atoms with Crippen molar-refractivity contribution in [3.05, 3.63) is 33.3 Å². The van der Waals surface area contributed by atoms with Crippen molar-refractivity contribution in [2.24, 2.45) is 0 Å². The van der Waals surface area contributed by atoms with Gasteiger partial charge in [0, 0.05) is 11.4 Å². The summed E-state index contributed by atoms with van der Waals surface area (Å²) in [7, 11) is 0. The summed E-state index contributed by atoms with van der Waals surface area (Å²) in [5.41, 5.74) is 0.427. The molecule has 1 amide bonds. The Morgan fingerprint density at radius 1 is 1.50 bits per heavy atom. The highest BCUT2D eigenvalue weighted by Crippen LogP contribution is 2.26. The topological polar surface area (TPSA) is 66.4 Å². The van der Waals surface area contributed by atoms with Gasteiger partial charge in [-0.2, -0.15) is 0 Å². The van der Waals surface area contributed by atoms with E-state index in [4.69, 9.17) is 16.7 Å². The molecule has 0 aliphatic heterocycles. The number of carboxylic acid groups (broad SMARTS) is 1. The van der Waals surface area contributed by atoms with E-state index in [2.05, 4.69) is 21.2 Å². The minimum absolute atomic E-state index is 0.397. The molecule has 0 bridgehead atoms. The Morgan fingerprint density at radius 2 is 2.12 bits per heavy atom. The van der Waals surface area contributed by atoms with Crippen molar-refractivity contribution in [1.82, 2.24) is 5.32 Å². The number of carbonyl (C=O) groups is 2. The average Bonchev–Trinajstić information content (AvgIpc) is 2.18. The van der Waals surface area contributed by atoms with E-state index < -0.39 is 17.9 Å². The first kappa shape index (κ1) is 13.0. The zero-order valence-electron chi connectivity index (χ0n) is 8.33. The molecule has 2 N–H and O–H groups in total. The van der Waals surface area contributed by atoms with Gasteiger partial charge in [-0.1, -0.05) is 17.7 Å². The van der Waals surface area contributed by atoms with Gasteiger partial charge in [-0.3, -0.25) is 4.79 Å². The van der Waals surface area contributed by atoms with E-state index in [1.54, 1.807) is 12.1 Å². The van der Waals surface area contributed by atoms with Gasteiger partial charge in [0.2, 0.25) is 5.91 Å². The SMILES string of the molecule is CC(=O)NC(C(=O)O)c1ccc(Br)c(Cl)c1. The Bertz CT molecular complexity index is 436. The normalized spacial score (nSPS) is 11.9. The lowest BCUT2D eigenvalue weighted by Gasteiger charge is -2.14. The van der Waals surface area contributed by atoms with Crippen LogP contribution in [0.1, 0.15) is 18.5 Å². The van der Waals surface area contributed by atoms with Crippen molar-refractivity contribution in [3.63, 3.8) is 0 Å². The number of benzene rings is 1. The molecule has 0 heterocycles. The van der Waals surface area contributed by atoms with Crippen LogP contribution in [0.2, 0.25) is 5.02 Å². The van der Waals surface area contributed by atoms with Gasteiger partial charge >= 0.3 is 5.97 Å². The monoisotopic (exact) mass is 305 g/mol. The van der Waals surface area contributed by atoms with Crippen LogP contribution in [-0.4, -0.2) is 17.0 Å². The van der Waals surface area contributed by atoms with Crippen molar-refractivity contribution in [3.8, 4) is 0 Å². The Kier molecular flexibility index (Phi) is 4.32. The zero-order chi connectivity index (χ0) is 12.3. The number of amides is 1. The van der Waals surface area contributed by atoms with Crippen molar-refractivity contribution in [1.29, 1.82) is 0 Å². The molecule has 0 saturated heterocycles. The molecule has 16 heavy (non-hydrogen) atoms. The Balaban J connectivity index is 3.06. The average molecular weight is 307 g/mol. The third-order valence-electron chi connectivity index (χ3n) is 1.87. The molecule has 4 nitrogen and oxygen atoms in total. The van der Waals surface area contributed by atoms with Crippen molar-refractivity contribution in [2.75, 3.05) is 0 Å². The molecule has 1 aromatic carbocycles. The van der Waals surface area contributed by atoms with E-state index in [1.807, 2.05) is 0 Å². The molecule has 1 rings (SSSR count). The van der Waals surface area contributed by atoms with E-state index in [-0.39, 0.29) is 0 Å². The number of aliphatic carboxylic acids is 1. The number of hydrogen-bond donors (Lipinski definition) is 2. The van der Waals surface area contributed by atoms with Crippen LogP contribution < -0.4 is 5.32 Å². The van der Waals surface area contributed by atoms with E-state index in [0.29, 0.717) is 15.1 Å². The maximum atomic E-state index is 11.0. The van der Waals surface area contributed by atoms with Crippen LogP contribution >= 0.6 is 27.5 Å². The van der Waals surface area contributed by atoms with Gasteiger partial charge in [-0.25, -0.2) is 4.79 Å².